The highest BCUT2D eigenvalue weighted by Gasteiger charge is 2.10. The SMILES string of the molecule is NCCN(ON=O)c1cccc2ccccc12. The number of rotatable bonds is 5. The van der Waals surface area contributed by atoms with Gasteiger partial charge in [-0.25, -0.2) is 4.94 Å². The Hall–Kier alpha value is -2.14. The summed E-state index contributed by atoms with van der Waals surface area (Å²) >= 11 is 0. The van der Waals surface area contributed by atoms with E-state index < -0.39 is 0 Å². The second kappa shape index (κ2) is 5.27. The Labute approximate surface area is 98.7 Å². The summed E-state index contributed by atoms with van der Waals surface area (Å²) in [5.74, 6) is 0. The Bertz CT molecular complexity index is 511. The highest BCUT2D eigenvalue weighted by atomic mass is 16.9. The smallest absolute Gasteiger partial charge is 0.182 e. The van der Waals surface area contributed by atoms with E-state index in [4.69, 9.17) is 10.7 Å². The Morgan fingerprint density at radius 1 is 1.18 bits per heavy atom. The molecule has 2 aromatic rings. The van der Waals surface area contributed by atoms with E-state index in [-0.39, 0.29) is 0 Å². The molecule has 0 heterocycles. The van der Waals surface area contributed by atoms with Crippen molar-refractivity contribution in [1.82, 2.24) is 0 Å². The highest BCUT2D eigenvalue weighted by Crippen LogP contribution is 2.26. The fourth-order valence-electron chi connectivity index (χ4n) is 1.79. The number of fused-ring (bicyclic) bond motifs is 1. The topological polar surface area (TPSA) is 67.9 Å². The van der Waals surface area contributed by atoms with Gasteiger partial charge in [0.05, 0.1) is 12.2 Å². The van der Waals surface area contributed by atoms with E-state index in [0.717, 1.165) is 16.5 Å². The molecule has 2 rings (SSSR count). The molecule has 5 heteroatoms. The molecular weight excluding hydrogens is 218 g/mol. The van der Waals surface area contributed by atoms with Crippen molar-refractivity contribution in [3.63, 3.8) is 0 Å². The number of hydroxylamine groups is 1. The quantitative estimate of drug-likeness (QED) is 0.632. The number of benzene rings is 2. The molecule has 0 fully saturated rings. The third-order valence-corrected chi connectivity index (χ3v) is 2.50. The standard InChI is InChI=1S/C12H13N3O2/c13-8-9-15(17-14-16)12-7-3-5-10-4-1-2-6-11(10)12/h1-7H,8-9,13H2. The molecule has 2 N–H and O–H groups in total. The lowest BCUT2D eigenvalue weighted by Crippen LogP contribution is -2.27. The molecule has 0 aromatic heterocycles. The minimum Gasteiger partial charge on any atom is -0.329 e. The van der Waals surface area contributed by atoms with Crippen LogP contribution in [0.4, 0.5) is 5.69 Å². The van der Waals surface area contributed by atoms with Crippen LogP contribution in [0.3, 0.4) is 0 Å². The van der Waals surface area contributed by atoms with Gasteiger partial charge in [-0.2, -0.15) is 5.06 Å². The maximum atomic E-state index is 10.2. The lowest BCUT2D eigenvalue weighted by Gasteiger charge is -2.19. The number of hydrogen-bond donors (Lipinski definition) is 1. The van der Waals surface area contributed by atoms with Crippen LogP contribution in [-0.4, -0.2) is 13.1 Å². The summed E-state index contributed by atoms with van der Waals surface area (Å²) in [7, 11) is 0. The third-order valence-electron chi connectivity index (χ3n) is 2.50. The Morgan fingerprint density at radius 2 is 1.94 bits per heavy atom. The first-order valence-corrected chi connectivity index (χ1v) is 5.32. The minimum absolute atomic E-state index is 0.374. The molecule has 88 valence electrons. The van der Waals surface area contributed by atoms with Crippen molar-refractivity contribution in [2.24, 2.45) is 11.1 Å². The van der Waals surface area contributed by atoms with Gasteiger partial charge in [-0.1, -0.05) is 36.4 Å². The van der Waals surface area contributed by atoms with Crippen molar-refractivity contribution in [1.29, 1.82) is 0 Å². The maximum absolute atomic E-state index is 10.2. The summed E-state index contributed by atoms with van der Waals surface area (Å²) in [6.45, 7) is 0.776. The van der Waals surface area contributed by atoms with Crippen LogP contribution in [0.1, 0.15) is 0 Å². The van der Waals surface area contributed by atoms with Crippen molar-refractivity contribution < 1.29 is 4.94 Å². The number of anilines is 1. The molecule has 0 aliphatic rings. The van der Waals surface area contributed by atoms with Crippen LogP contribution < -0.4 is 10.8 Å². The first-order valence-electron chi connectivity index (χ1n) is 5.32. The van der Waals surface area contributed by atoms with Crippen molar-refractivity contribution >= 4 is 16.5 Å². The third kappa shape index (κ3) is 2.34. The van der Waals surface area contributed by atoms with Crippen molar-refractivity contribution in [2.75, 3.05) is 18.2 Å². The average Bonchev–Trinajstić information content (AvgIpc) is 2.38. The predicted octanol–water partition coefficient (Wildman–Crippen LogP) is 2.22. The van der Waals surface area contributed by atoms with Gasteiger partial charge in [-0.15, -0.1) is 4.91 Å². The molecule has 0 radical (unpaired) electrons. The van der Waals surface area contributed by atoms with Crippen LogP contribution in [0.15, 0.2) is 47.8 Å². The van der Waals surface area contributed by atoms with Crippen LogP contribution in [0.25, 0.3) is 10.8 Å². The summed E-state index contributed by atoms with van der Waals surface area (Å²) in [5, 5.41) is 5.92. The second-order valence-corrected chi connectivity index (χ2v) is 3.55. The molecule has 0 aliphatic heterocycles. The molecule has 0 saturated carbocycles. The van der Waals surface area contributed by atoms with E-state index in [9.17, 15) is 4.91 Å². The zero-order valence-electron chi connectivity index (χ0n) is 9.24. The van der Waals surface area contributed by atoms with Crippen molar-refractivity contribution in [2.45, 2.75) is 0 Å². The average molecular weight is 231 g/mol. The van der Waals surface area contributed by atoms with Gasteiger partial charge in [0.15, 0.2) is 5.34 Å². The zero-order chi connectivity index (χ0) is 12.1. The first kappa shape index (κ1) is 11.3. The number of nitrogens with zero attached hydrogens (tertiary/aromatic N) is 2. The maximum Gasteiger partial charge on any atom is 0.182 e. The monoisotopic (exact) mass is 231 g/mol. The fraction of sp³-hybridized carbons (Fsp3) is 0.167. The van der Waals surface area contributed by atoms with E-state index >= 15 is 0 Å². The van der Waals surface area contributed by atoms with Crippen molar-refractivity contribution in [3.8, 4) is 0 Å². The second-order valence-electron chi connectivity index (χ2n) is 3.55. The lowest BCUT2D eigenvalue weighted by atomic mass is 10.1. The molecule has 0 aliphatic carbocycles. The van der Waals surface area contributed by atoms with Gasteiger partial charge in [0.1, 0.15) is 0 Å². The van der Waals surface area contributed by atoms with Gasteiger partial charge >= 0.3 is 0 Å². The fourth-order valence-corrected chi connectivity index (χ4v) is 1.79. The summed E-state index contributed by atoms with van der Waals surface area (Å²) in [5.41, 5.74) is 6.26. The van der Waals surface area contributed by atoms with Gasteiger partial charge < -0.3 is 5.73 Å². The molecule has 5 nitrogen and oxygen atoms in total. The molecule has 2 aromatic carbocycles. The van der Waals surface area contributed by atoms with E-state index in [1.165, 1.54) is 5.06 Å². The molecule has 0 spiro atoms. The minimum atomic E-state index is 0.374. The summed E-state index contributed by atoms with van der Waals surface area (Å²) in [6, 6.07) is 13.6. The van der Waals surface area contributed by atoms with Gasteiger partial charge in [-0.05, 0) is 11.5 Å². The Morgan fingerprint density at radius 3 is 2.71 bits per heavy atom. The van der Waals surface area contributed by atoms with Gasteiger partial charge in [0, 0.05) is 11.9 Å². The van der Waals surface area contributed by atoms with Crippen LogP contribution >= 0.6 is 0 Å². The van der Waals surface area contributed by atoms with Gasteiger partial charge in [0.2, 0.25) is 0 Å². The molecule has 17 heavy (non-hydrogen) atoms. The predicted molar refractivity (Wildman–Crippen MR) is 67.2 cm³/mol. The first-order chi connectivity index (χ1) is 8.36. The molecular formula is C12H13N3O2. The zero-order valence-corrected chi connectivity index (χ0v) is 9.24. The van der Waals surface area contributed by atoms with Gasteiger partial charge in [0.25, 0.3) is 0 Å². The summed E-state index contributed by atoms with van der Waals surface area (Å²) in [4.78, 5) is 14.9. The van der Waals surface area contributed by atoms with Crippen LogP contribution in [0.2, 0.25) is 0 Å². The molecule has 0 amide bonds. The molecule has 0 atom stereocenters. The Balaban J connectivity index is 2.48. The molecule has 0 unspecified atom stereocenters. The number of hydrogen-bond acceptors (Lipinski definition) is 5. The van der Waals surface area contributed by atoms with Crippen molar-refractivity contribution in [3.05, 3.63) is 47.4 Å². The van der Waals surface area contributed by atoms with Crippen LogP contribution in [-0.2, 0) is 4.94 Å². The van der Waals surface area contributed by atoms with E-state index in [0.29, 0.717) is 13.1 Å². The lowest BCUT2D eigenvalue weighted by molar-refractivity contribution is 0.114. The number of nitrogens with two attached hydrogens (primary N) is 1. The summed E-state index contributed by atoms with van der Waals surface area (Å²) in [6.07, 6.45) is 0. The highest BCUT2D eigenvalue weighted by molar-refractivity contribution is 5.93. The van der Waals surface area contributed by atoms with Gasteiger partial charge in [-0.3, -0.25) is 0 Å². The Kier molecular flexibility index (Phi) is 3.52. The largest absolute Gasteiger partial charge is 0.329 e. The van der Waals surface area contributed by atoms with E-state index in [1.54, 1.807) is 0 Å². The summed E-state index contributed by atoms with van der Waals surface area (Å²) < 4.78 is 0. The molecule has 0 saturated heterocycles. The molecule has 0 bridgehead atoms. The van der Waals surface area contributed by atoms with E-state index in [1.807, 2.05) is 42.5 Å². The normalized spacial score (nSPS) is 10.2. The van der Waals surface area contributed by atoms with E-state index in [2.05, 4.69) is 5.34 Å². The van der Waals surface area contributed by atoms with Crippen LogP contribution in [0, 0.1) is 4.91 Å². The van der Waals surface area contributed by atoms with Crippen LogP contribution in [0.5, 0.6) is 0 Å².